The van der Waals surface area contributed by atoms with Crippen LogP contribution in [0, 0.1) is 3.57 Å². The van der Waals surface area contributed by atoms with Gasteiger partial charge in [0.05, 0.1) is 5.69 Å². The molecule has 100 valence electrons. The fourth-order valence-corrected chi connectivity index (χ4v) is 2.29. The van der Waals surface area contributed by atoms with Crippen LogP contribution in [0.15, 0.2) is 42.6 Å². The molecule has 19 heavy (non-hydrogen) atoms. The lowest BCUT2D eigenvalue weighted by atomic mass is 10.1. The van der Waals surface area contributed by atoms with Gasteiger partial charge in [0, 0.05) is 29.9 Å². The number of nitrogens with one attached hydrogen (secondary N) is 1. The Morgan fingerprint density at radius 2 is 1.84 bits per heavy atom. The normalized spacial score (nSPS) is 12.0. The molecular weight excluding hydrogens is 349 g/mol. The Morgan fingerprint density at radius 1 is 1.16 bits per heavy atom. The topological polar surface area (TPSA) is 28.2 Å². The monoisotopic (exact) mass is 367 g/mol. The van der Waals surface area contributed by atoms with Crippen molar-refractivity contribution in [3.05, 3.63) is 51.7 Å². The number of nitrogens with zero attached hydrogens (tertiary/aromatic N) is 2. The Hall–Kier alpha value is -1.30. The van der Waals surface area contributed by atoms with Gasteiger partial charge >= 0.3 is 0 Å². The number of benzene rings is 1. The number of hydrogen-bond acceptors (Lipinski definition) is 3. The minimum Gasteiger partial charge on any atom is -0.376 e. The van der Waals surface area contributed by atoms with Crippen molar-refractivity contribution in [3.63, 3.8) is 0 Å². The molecule has 0 radical (unpaired) electrons. The zero-order valence-corrected chi connectivity index (χ0v) is 13.5. The lowest BCUT2D eigenvalue weighted by Gasteiger charge is -2.21. The molecule has 0 amide bonds. The van der Waals surface area contributed by atoms with Crippen molar-refractivity contribution < 1.29 is 0 Å². The lowest BCUT2D eigenvalue weighted by Crippen LogP contribution is -2.15. The highest BCUT2D eigenvalue weighted by Gasteiger charge is 2.10. The van der Waals surface area contributed by atoms with E-state index in [1.54, 1.807) is 0 Å². The van der Waals surface area contributed by atoms with Gasteiger partial charge < -0.3 is 10.2 Å². The van der Waals surface area contributed by atoms with Crippen molar-refractivity contribution in [1.29, 1.82) is 0 Å². The number of aromatic nitrogens is 1. The number of hydrogen-bond donors (Lipinski definition) is 1. The first-order valence-corrected chi connectivity index (χ1v) is 7.30. The van der Waals surface area contributed by atoms with E-state index in [0.717, 1.165) is 11.5 Å². The molecule has 1 aromatic carbocycles. The van der Waals surface area contributed by atoms with Crippen LogP contribution < -0.4 is 10.2 Å². The molecule has 1 unspecified atom stereocenters. The summed E-state index contributed by atoms with van der Waals surface area (Å²) >= 11 is 2.32. The van der Waals surface area contributed by atoms with E-state index in [0.29, 0.717) is 0 Å². The Morgan fingerprint density at radius 3 is 2.47 bits per heavy atom. The number of pyridine rings is 1. The van der Waals surface area contributed by atoms with Crippen LogP contribution in [0.2, 0.25) is 0 Å². The summed E-state index contributed by atoms with van der Waals surface area (Å²) in [5, 5.41) is 3.52. The highest BCUT2D eigenvalue weighted by Crippen LogP contribution is 2.26. The quantitative estimate of drug-likeness (QED) is 0.831. The van der Waals surface area contributed by atoms with E-state index in [2.05, 4.69) is 70.1 Å². The largest absolute Gasteiger partial charge is 0.376 e. The molecule has 0 aliphatic rings. The van der Waals surface area contributed by atoms with Crippen LogP contribution in [0.3, 0.4) is 0 Å². The Balaban J connectivity index is 2.19. The molecule has 0 bridgehead atoms. The maximum absolute atomic E-state index is 4.40. The molecule has 1 heterocycles. The molecule has 2 aromatic rings. The summed E-state index contributed by atoms with van der Waals surface area (Å²) in [6, 6.07) is 12.8. The molecule has 0 aliphatic carbocycles. The van der Waals surface area contributed by atoms with Gasteiger partial charge in [-0.15, -0.1) is 0 Å². The van der Waals surface area contributed by atoms with Gasteiger partial charge in [0.1, 0.15) is 0 Å². The zero-order valence-electron chi connectivity index (χ0n) is 11.4. The Bertz CT molecular complexity index is 537. The van der Waals surface area contributed by atoms with Gasteiger partial charge in [0.25, 0.3) is 0 Å². The standard InChI is InChI=1S/C15H18IN3/c1-11(12-6-8-13(16)9-7-12)18-14-5-4-10-17-15(14)19(2)3/h4-11,18H,1-3H3. The van der Waals surface area contributed by atoms with Crippen LogP contribution in [0.25, 0.3) is 0 Å². The molecule has 0 aliphatic heterocycles. The fourth-order valence-electron chi connectivity index (χ4n) is 1.93. The molecule has 1 N–H and O–H groups in total. The maximum Gasteiger partial charge on any atom is 0.151 e. The average Bonchev–Trinajstić information content (AvgIpc) is 2.39. The van der Waals surface area contributed by atoms with Crippen molar-refractivity contribution in [2.24, 2.45) is 0 Å². The van der Waals surface area contributed by atoms with Crippen molar-refractivity contribution >= 4 is 34.1 Å². The van der Waals surface area contributed by atoms with Crippen molar-refractivity contribution in [2.45, 2.75) is 13.0 Å². The first kappa shape index (κ1) is 14.1. The van der Waals surface area contributed by atoms with Crippen LogP contribution in [-0.4, -0.2) is 19.1 Å². The number of anilines is 2. The van der Waals surface area contributed by atoms with Gasteiger partial charge in [-0.05, 0) is 59.3 Å². The fraction of sp³-hybridized carbons (Fsp3) is 0.267. The van der Waals surface area contributed by atoms with Gasteiger partial charge in [-0.3, -0.25) is 0 Å². The van der Waals surface area contributed by atoms with Crippen LogP contribution >= 0.6 is 22.6 Å². The molecule has 0 saturated heterocycles. The summed E-state index contributed by atoms with van der Waals surface area (Å²) in [5.74, 6) is 0.958. The summed E-state index contributed by atoms with van der Waals surface area (Å²) in [4.78, 5) is 6.42. The predicted octanol–water partition coefficient (Wildman–Crippen LogP) is 3.93. The minimum atomic E-state index is 0.250. The van der Waals surface area contributed by atoms with Gasteiger partial charge in [-0.1, -0.05) is 12.1 Å². The van der Waals surface area contributed by atoms with Gasteiger partial charge in [-0.2, -0.15) is 0 Å². The molecule has 1 aromatic heterocycles. The second kappa shape index (κ2) is 6.23. The van der Waals surface area contributed by atoms with E-state index in [1.165, 1.54) is 9.13 Å². The van der Waals surface area contributed by atoms with E-state index in [9.17, 15) is 0 Å². The second-order valence-electron chi connectivity index (χ2n) is 4.69. The summed E-state index contributed by atoms with van der Waals surface area (Å²) < 4.78 is 1.25. The highest BCUT2D eigenvalue weighted by atomic mass is 127. The SMILES string of the molecule is CC(Nc1cccnc1N(C)C)c1ccc(I)cc1. The minimum absolute atomic E-state index is 0.250. The average molecular weight is 367 g/mol. The maximum atomic E-state index is 4.40. The Labute approximate surface area is 128 Å². The summed E-state index contributed by atoms with van der Waals surface area (Å²) in [5.41, 5.74) is 2.33. The van der Waals surface area contributed by atoms with E-state index < -0.39 is 0 Å². The third-order valence-corrected chi connectivity index (χ3v) is 3.67. The summed E-state index contributed by atoms with van der Waals surface area (Å²) in [7, 11) is 4.01. The van der Waals surface area contributed by atoms with Crippen LogP contribution in [0.5, 0.6) is 0 Å². The molecule has 0 saturated carbocycles. The van der Waals surface area contributed by atoms with Crippen molar-refractivity contribution in [3.8, 4) is 0 Å². The van der Waals surface area contributed by atoms with Crippen LogP contribution in [-0.2, 0) is 0 Å². The second-order valence-corrected chi connectivity index (χ2v) is 5.93. The molecule has 4 heteroatoms. The van der Waals surface area contributed by atoms with E-state index in [4.69, 9.17) is 0 Å². The van der Waals surface area contributed by atoms with Gasteiger partial charge in [0.2, 0.25) is 0 Å². The summed E-state index contributed by atoms with van der Waals surface area (Å²) in [6.45, 7) is 2.16. The first-order chi connectivity index (χ1) is 9.08. The van der Waals surface area contributed by atoms with Gasteiger partial charge in [-0.25, -0.2) is 4.98 Å². The van der Waals surface area contributed by atoms with E-state index in [1.807, 2.05) is 31.3 Å². The smallest absolute Gasteiger partial charge is 0.151 e. The lowest BCUT2D eigenvalue weighted by molar-refractivity contribution is 0.879. The highest BCUT2D eigenvalue weighted by molar-refractivity contribution is 14.1. The predicted molar refractivity (Wildman–Crippen MR) is 89.8 cm³/mol. The number of halogens is 1. The van der Waals surface area contributed by atoms with E-state index in [-0.39, 0.29) is 6.04 Å². The van der Waals surface area contributed by atoms with Gasteiger partial charge in [0.15, 0.2) is 5.82 Å². The molecule has 0 spiro atoms. The molecule has 3 nitrogen and oxygen atoms in total. The van der Waals surface area contributed by atoms with Crippen molar-refractivity contribution in [1.82, 2.24) is 4.98 Å². The third-order valence-electron chi connectivity index (χ3n) is 2.95. The molecule has 1 atom stereocenters. The Kier molecular flexibility index (Phi) is 4.63. The van der Waals surface area contributed by atoms with Crippen LogP contribution in [0.4, 0.5) is 11.5 Å². The first-order valence-electron chi connectivity index (χ1n) is 6.22. The van der Waals surface area contributed by atoms with Crippen molar-refractivity contribution in [2.75, 3.05) is 24.3 Å². The zero-order chi connectivity index (χ0) is 13.8. The van der Waals surface area contributed by atoms with Crippen LogP contribution in [0.1, 0.15) is 18.5 Å². The number of rotatable bonds is 4. The molecule has 0 fully saturated rings. The molecular formula is C15H18IN3. The van der Waals surface area contributed by atoms with E-state index >= 15 is 0 Å². The molecule has 2 rings (SSSR count). The third kappa shape index (κ3) is 3.59. The summed E-state index contributed by atoms with van der Waals surface area (Å²) in [6.07, 6.45) is 1.82.